The Morgan fingerprint density at radius 2 is 2.05 bits per heavy atom. The van der Waals surface area contributed by atoms with Crippen molar-refractivity contribution in [2.45, 2.75) is 18.9 Å². The van der Waals surface area contributed by atoms with Gasteiger partial charge in [0, 0.05) is 24.2 Å². The van der Waals surface area contributed by atoms with Gasteiger partial charge in [0.2, 0.25) is 0 Å². The lowest BCUT2D eigenvalue weighted by Crippen LogP contribution is -2.43. The lowest BCUT2D eigenvalue weighted by atomic mass is 10.0. The van der Waals surface area contributed by atoms with Crippen LogP contribution in [0.15, 0.2) is 24.3 Å². The smallest absolute Gasteiger partial charge is 0.251 e. The van der Waals surface area contributed by atoms with Gasteiger partial charge in [0.25, 0.3) is 5.91 Å². The third-order valence-corrected chi connectivity index (χ3v) is 4.06. The Morgan fingerprint density at radius 3 is 2.73 bits per heavy atom. The van der Waals surface area contributed by atoms with Crippen LogP contribution in [-0.4, -0.2) is 57.2 Å². The summed E-state index contributed by atoms with van der Waals surface area (Å²) in [4.78, 5) is 14.7. The summed E-state index contributed by atoms with van der Waals surface area (Å²) in [5.74, 6) is 0.612. The van der Waals surface area contributed by atoms with Gasteiger partial charge in [-0.1, -0.05) is 12.1 Å². The first kappa shape index (κ1) is 14.6. The first-order chi connectivity index (χ1) is 10.6. The van der Waals surface area contributed by atoms with Crippen molar-refractivity contribution in [1.29, 1.82) is 0 Å². The maximum absolute atomic E-state index is 12.4. The van der Waals surface area contributed by atoms with Crippen LogP contribution in [0.2, 0.25) is 0 Å². The van der Waals surface area contributed by atoms with Gasteiger partial charge < -0.3 is 10.2 Å². The van der Waals surface area contributed by atoms with Gasteiger partial charge in [-0.2, -0.15) is 0 Å². The molecule has 0 atom stereocenters. The van der Waals surface area contributed by atoms with E-state index in [2.05, 4.69) is 32.8 Å². The molecule has 0 saturated carbocycles. The maximum Gasteiger partial charge on any atom is 0.251 e. The van der Waals surface area contributed by atoms with Gasteiger partial charge >= 0.3 is 0 Å². The zero-order chi connectivity index (χ0) is 15.5. The van der Waals surface area contributed by atoms with Gasteiger partial charge in [0.05, 0.1) is 0 Å². The number of aromatic nitrogens is 4. The minimum absolute atomic E-state index is 0.0356. The molecule has 116 valence electrons. The van der Waals surface area contributed by atoms with Gasteiger partial charge in [0.15, 0.2) is 5.82 Å². The monoisotopic (exact) mass is 300 g/mol. The maximum atomic E-state index is 12.4. The van der Waals surface area contributed by atoms with E-state index in [0.29, 0.717) is 11.4 Å². The summed E-state index contributed by atoms with van der Waals surface area (Å²) in [7, 11) is 3.89. The number of hydrogen-bond donors (Lipinski definition) is 1. The first-order valence-corrected chi connectivity index (χ1v) is 7.45. The van der Waals surface area contributed by atoms with E-state index in [4.69, 9.17) is 0 Å². The summed E-state index contributed by atoms with van der Waals surface area (Å²) < 4.78 is 1.59. The van der Waals surface area contributed by atoms with Crippen molar-refractivity contribution in [3.8, 4) is 11.4 Å². The minimum atomic E-state index is -0.0356. The average Bonchev–Trinajstić information content (AvgIpc) is 2.96. The quantitative estimate of drug-likeness (QED) is 0.903. The van der Waals surface area contributed by atoms with Crippen LogP contribution in [0.4, 0.5) is 0 Å². The molecule has 2 heterocycles. The molecular formula is C15H20N6O. The van der Waals surface area contributed by atoms with Crippen molar-refractivity contribution in [3.05, 3.63) is 29.8 Å². The highest BCUT2D eigenvalue weighted by Crippen LogP contribution is 2.17. The van der Waals surface area contributed by atoms with Crippen molar-refractivity contribution in [1.82, 2.24) is 30.4 Å². The third-order valence-electron chi connectivity index (χ3n) is 4.06. The zero-order valence-corrected chi connectivity index (χ0v) is 12.9. The van der Waals surface area contributed by atoms with Crippen LogP contribution in [0.25, 0.3) is 11.4 Å². The molecule has 1 aromatic heterocycles. The number of rotatable bonds is 3. The normalized spacial score (nSPS) is 16.6. The lowest BCUT2D eigenvalue weighted by molar-refractivity contribution is 0.0917. The molecule has 0 radical (unpaired) electrons. The van der Waals surface area contributed by atoms with E-state index in [-0.39, 0.29) is 11.9 Å². The molecule has 1 saturated heterocycles. The number of benzene rings is 1. The van der Waals surface area contributed by atoms with Gasteiger partial charge in [-0.3, -0.25) is 4.79 Å². The summed E-state index contributed by atoms with van der Waals surface area (Å²) in [5, 5.41) is 14.5. The molecule has 1 aromatic carbocycles. The van der Waals surface area contributed by atoms with Crippen molar-refractivity contribution >= 4 is 5.91 Å². The Balaban J connectivity index is 1.72. The van der Waals surface area contributed by atoms with Crippen molar-refractivity contribution < 1.29 is 4.79 Å². The summed E-state index contributed by atoms with van der Waals surface area (Å²) in [6, 6.07) is 7.66. The van der Waals surface area contributed by atoms with Crippen LogP contribution in [0.1, 0.15) is 23.2 Å². The molecule has 7 heteroatoms. The number of hydrogen-bond acceptors (Lipinski definition) is 5. The largest absolute Gasteiger partial charge is 0.349 e. The number of tetrazole rings is 1. The lowest BCUT2D eigenvalue weighted by Gasteiger charge is -2.29. The fourth-order valence-electron chi connectivity index (χ4n) is 2.70. The number of nitrogens with one attached hydrogen (secondary N) is 1. The van der Waals surface area contributed by atoms with Crippen LogP contribution >= 0.6 is 0 Å². The second-order valence-corrected chi connectivity index (χ2v) is 5.76. The van der Waals surface area contributed by atoms with Gasteiger partial charge in [-0.25, -0.2) is 4.68 Å². The third kappa shape index (κ3) is 3.14. The van der Waals surface area contributed by atoms with E-state index < -0.39 is 0 Å². The minimum Gasteiger partial charge on any atom is -0.349 e. The van der Waals surface area contributed by atoms with Gasteiger partial charge in [0.1, 0.15) is 0 Å². The second kappa shape index (κ2) is 6.23. The highest BCUT2D eigenvalue weighted by molar-refractivity contribution is 5.95. The van der Waals surface area contributed by atoms with Crippen molar-refractivity contribution in [2.24, 2.45) is 7.05 Å². The Morgan fingerprint density at radius 1 is 1.27 bits per heavy atom. The number of likely N-dealkylation sites (tertiary alicyclic amines) is 1. The molecule has 0 spiro atoms. The van der Waals surface area contributed by atoms with Gasteiger partial charge in [-0.15, -0.1) is 5.10 Å². The number of aryl methyl sites for hydroxylation is 1. The number of piperidine rings is 1. The summed E-state index contributed by atoms with van der Waals surface area (Å²) >= 11 is 0. The molecule has 2 aromatic rings. The molecule has 1 N–H and O–H groups in total. The highest BCUT2D eigenvalue weighted by Gasteiger charge is 2.19. The van der Waals surface area contributed by atoms with E-state index >= 15 is 0 Å². The van der Waals surface area contributed by atoms with E-state index in [1.54, 1.807) is 11.7 Å². The number of amides is 1. The van der Waals surface area contributed by atoms with Gasteiger partial charge in [-0.05, 0) is 55.5 Å². The molecule has 1 aliphatic rings. The molecular weight excluding hydrogens is 280 g/mol. The van der Waals surface area contributed by atoms with E-state index in [1.165, 1.54) is 0 Å². The molecule has 0 aliphatic carbocycles. The Kier molecular flexibility index (Phi) is 4.15. The molecule has 0 bridgehead atoms. The summed E-state index contributed by atoms with van der Waals surface area (Å²) in [5.41, 5.74) is 1.47. The SMILES string of the molecule is CN1CCC(NC(=O)c2cccc(-c3nnnn3C)c2)CC1. The molecule has 0 unspecified atom stereocenters. The second-order valence-electron chi connectivity index (χ2n) is 5.76. The topological polar surface area (TPSA) is 75.9 Å². The molecule has 1 fully saturated rings. The van der Waals surface area contributed by atoms with Crippen LogP contribution in [0.5, 0.6) is 0 Å². The molecule has 3 rings (SSSR count). The Bertz CT molecular complexity index is 660. The predicted octanol–water partition coefficient (Wildman–Crippen LogP) is 0.701. The van der Waals surface area contributed by atoms with Crippen molar-refractivity contribution in [2.75, 3.05) is 20.1 Å². The zero-order valence-electron chi connectivity index (χ0n) is 12.9. The standard InChI is InChI=1S/C15H20N6O/c1-20-8-6-13(7-9-20)16-15(22)12-5-3-4-11(10-12)14-17-18-19-21(14)2/h3-5,10,13H,6-9H2,1-2H3,(H,16,22). The molecule has 1 aliphatic heterocycles. The summed E-state index contributed by atoms with van der Waals surface area (Å²) in [6.07, 6.45) is 1.99. The Labute approximate surface area is 129 Å². The van der Waals surface area contributed by atoms with Crippen LogP contribution < -0.4 is 5.32 Å². The molecule has 7 nitrogen and oxygen atoms in total. The molecule has 1 amide bonds. The fraction of sp³-hybridized carbons (Fsp3) is 0.467. The number of nitrogens with zero attached hydrogens (tertiary/aromatic N) is 5. The Hall–Kier alpha value is -2.28. The highest BCUT2D eigenvalue weighted by atomic mass is 16.1. The van der Waals surface area contributed by atoms with E-state index in [9.17, 15) is 4.79 Å². The predicted molar refractivity (Wildman–Crippen MR) is 82.2 cm³/mol. The number of carbonyl (C=O) groups excluding carboxylic acids is 1. The van der Waals surface area contributed by atoms with Crippen LogP contribution in [0.3, 0.4) is 0 Å². The van der Waals surface area contributed by atoms with E-state index in [0.717, 1.165) is 31.5 Å². The fourth-order valence-corrected chi connectivity index (χ4v) is 2.70. The average molecular weight is 300 g/mol. The van der Waals surface area contributed by atoms with Crippen LogP contribution in [0, 0.1) is 0 Å². The van der Waals surface area contributed by atoms with Crippen molar-refractivity contribution in [3.63, 3.8) is 0 Å². The first-order valence-electron chi connectivity index (χ1n) is 7.45. The van der Waals surface area contributed by atoms with E-state index in [1.807, 2.05) is 24.3 Å². The van der Waals surface area contributed by atoms with Crippen LogP contribution in [-0.2, 0) is 7.05 Å². The molecule has 22 heavy (non-hydrogen) atoms. The number of carbonyl (C=O) groups is 1. The summed E-state index contributed by atoms with van der Waals surface area (Å²) in [6.45, 7) is 2.05.